The van der Waals surface area contributed by atoms with Crippen LogP contribution in [-0.4, -0.2) is 4.98 Å². The van der Waals surface area contributed by atoms with E-state index >= 15 is 0 Å². The summed E-state index contributed by atoms with van der Waals surface area (Å²) >= 11 is 0. The number of nitrogens with zero attached hydrogens (tertiary/aromatic N) is 1. The summed E-state index contributed by atoms with van der Waals surface area (Å²) in [6.07, 6.45) is 0. The highest BCUT2D eigenvalue weighted by molar-refractivity contribution is 5.84. The molecule has 2 heteroatoms. The molecule has 1 aromatic heterocycles. The van der Waals surface area contributed by atoms with Gasteiger partial charge in [-0.3, -0.25) is 4.98 Å². The molecule has 0 fully saturated rings. The Labute approximate surface area is 105 Å². The fraction of sp³-hybridized carbons (Fsp3) is 0.0625. The molecular weight excluding hydrogens is 225 g/mol. The van der Waals surface area contributed by atoms with E-state index in [2.05, 4.69) is 4.98 Å². The third-order valence-corrected chi connectivity index (χ3v) is 3.05. The smallest absolute Gasteiger partial charge is 0.123 e. The lowest BCUT2D eigenvalue weighted by atomic mass is 10.0. The fourth-order valence-electron chi connectivity index (χ4n) is 2.15. The van der Waals surface area contributed by atoms with Crippen LogP contribution < -0.4 is 0 Å². The van der Waals surface area contributed by atoms with Crippen molar-refractivity contribution in [3.63, 3.8) is 0 Å². The van der Waals surface area contributed by atoms with Crippen LogP contribution in [-0.2, 0) is 0 Å². The third kappa shape index (κ3) is 1.86. The van der Waals surface area contributed by atoms with Gasteiger partial charge in [0.15, 0.2) is 0 Å². The number of hydrogen-bond donors (Lipinski definition) is 0. The largest absolute Gasteiger partial charge is 0.252 e. The Kier molecular flexibility index (Phi) is 2.56. The lowest BCUT2D eigenvalue weighted by Gasteiger charge is -2.07. The van der Waals surface area contributed by atoms with Crippen LogP contribution in [0.5, 0.6) is 0 Å². The average molecular weight is 237 g/mol. The number of aromatic nitrogens is 1. The molecule has 0 saturated heterocycles. The van der Waals surface area contributed by atoms with Crippen molar-refractivity contribution < 1.29 is 4.39 Å². The SMILES string of the molecule is Cc1nc2ccc(F)cc2cc1-c1ccccc1. The monoisotopic (exact) mass is 237 g/mol. The van der Waals surface area contributed by atoms with Crippen LogP contribution in [0.2, 0.25) is 0 Å². The van der Waals surface area contributed by atoms with E-state index in [0.29, 0.717) is 0 Å². The minimum absolute atomic E-state index is 0.229. The van der Waals surface area contributed by atoms with Crippen molar-refractivity contribution in [2.24, 2.45) is 0 Å². The summed E-state index contributed by atoms with van der Waals surface area (Å²) in [6.45, 7) is 1.98. The zero-order valence-electron chi connectivity index (χ0n) is 10.0. The van der Waals surface area contributed by atoms with E-state index in [9.17, 15) is 4.39 Å². The molecule has 0 spiro atoms. The molecule has 0 radical (unpaired) electrons. The van der Waals surface area contributed by atoms with Crippen molar-refractivity contribution in [1.82, 2.24) is 4.98 Å². The van der Waals surface area contributed by atoms with E-state index in [1.165, 1.54) is 12.1 Å². The van der Waals surface area contributed by atoms with E-state index in [1.807, 2.05) is 43.3 Å². The average Bonchev–Trinajstić information content (AvgIpc) is 2.39. The summed E-state index contributed by atoms with van der Waals surface area (Å²) in [5.74, 6) is -0.229. The summed E-state index contributed by atoms with van der Waals surface area (Å²) in [6, 6.07) is 16.7. The van der Waals surface area contributed by atoms with Gasteiger partial charge in [-0.2, -0.15) is 0 Å². The van der Waals surface area contributed by atoms with E-state index in [1.54, 1.807) is 6.07 Å². The number of rotatable bonds is 1. The zero-order valence-corrected chi connectivity index (χ0v) is 10.0. The van der Waals surface area contributed by atoms with Crippen molar-refractivity contribution in [3.05, 3.63) is 66.1 Å². The van der Waals surface area contributed by atoms with Crippen LogP contribution in [0.3, 0.4) is 0 Å². The van der Waals surface area contributed by atoms with Gasteiger partial charge >= 0.3 is 0 Å². The number of fused-ring (bicyclic) bond motifs is 1. The van der Waals surface area contributed by atoms with E-state index < -0.39 is 0 Å². The van der Waals surface area contributed by atoms with Crippen molar-refractivity contribution in [2.75, 3.05) is 0 Å². The van der Waals surface area contributed by atoms with Crippen LogP contribution in [0.1, 0.15) is 5.69 Å². The maximum atomic E-state index is 13.2. The quantitative estimate of drug-likeness (QED) is 0.613. The molecule has 0 aliphatic rings. The first-order chi connectivity index (χ1) is 8.74. The predicted molar refractivity (Wildman–Crippen MR) is 71.9 cm³/mol. The first-order valence-electron chi connectivity index (χ1n) is 5.86. The third-order valence-electron chi connectivity index (χ3n) is 3.05. The van der Waals surface area contributed by atoms with Gasteiger partial charge in [0.25, 0.3) is 0 Å². The second-order valence-corrected chi connectivity index (χ2v) is 4.32. The van der Waals surface area contributed by atoms with Crippen LogP contribution in [0.25, 0.3) is 22.0 Å². The lowest BCUT2D eigenvalue weighted by Crippen LogP contribution is -1.90. The lowest BCUT2D eigenvalue weighted by molar-refractivity contribution is 0.629. The molecule has 0 N–H and O–H groups in total. The first-order valence-corrected chi connectivity index (χ1v) is 5.86. The van der Waals surface area contributed by atoms with Gasteiger partial charge < -0.3 is 0 Å². The minimum Gasteiger partial charge on any atom is -0.252 e. The molecule has 0 atom stereocenters. The normalized spacial score (nSPS) is 10.8. The highest BCUT2D eigenvalue weighted by Crippen LogP contribution is 2.26. The second kappa shape index (κ2) is 4.22. The Morgan fingerprint density at radius 3 is 2.50 bits per heavy atom. The van der Waals surface area contributed by atoms with Gasteiger partial charge in [0.2, 0.25) is 0 Å². The predicted octanol–water partition coefficient (Wildman–Crippen LogP) is 4.35. The van der Waals surface area contributed by atoms with Gasteiger partial charge in [-0.25, -0.2) is 4.39 Å². The summed E-state index contributed by atoms with van der Waals surface area (Å²) in [7, 11) is 0. The number of benzene rings is 2. The molecule has 3 aromatic rings. The molecule has 0 unspecified atom stereocenters. The molecule has 3 rings (SSSR count). The zero-order chi connectivity index (χ0) is 12.5. The van der Waals surface area contributed by atoms with Gasteiger partial charge in [0.05, 0.1) is 5.52 Å². The molecular formula is C16H12FN. The molecule has 2 aromatic carbocycles. The van der Waals surface area contributed by atoms with Crippen LogP contribution in [0.4, 0.5) is 4.39 Å². The van der Waals surface area contributed by atoms with Gasteiger partial charge in [0, 0.05) is 16.6 Å². The van der Waals surface area contributed by atoms with Crippen molar-refractivity contribution in [2.45, 2.75) is 6.92 Å². The maximum absolute atomic E-state index is 13.2. The Bertz CT molecular complexity index is 705. The van der Waals surface area contributed by atoms with E-state index in [4.69, 9.17) is 0 Å². The van der Waals surface area contributed by atoms with Crippen LogP contribution in [0, 0.1) is 12.7 Å². The number of hydrogen-bond acceptors (Lipinski definition) is 1. The number of pyridine rings is 1. The van der Waals surface area contributed by atoms with Gasteiger partial charge in [0.1, 0.15) is 5.82 Å². The highest BCUT2D eigenvalue weighted by atomic mass is 19.1. The number of halogens is 1. The first kappa shape index (κ1) is 10.9. The van der Waals surface area contributed by atoms with Crippen LogP contribution >= 0.6 is 0 Å². The molecule has 0 bridgehead atoms. The molecule has 88 valence electrons. The molecule has 0 aliphatic heterocycles. The second-order valence-electron chi connectivity index (χ2n) is 4.32. The Hall–Kier alpha value is -2.22. The van der Waals surface area contributed by atoms with E-state index in [-0.39, 0.29) is 5.82 Å². The van der Waals surface area contributed by atoms with Gasteiger partial charge in [-0.1, -0.05) is 30.3 Å². The molecule has 0 aliphatic carbocycles. The van der Waals surface area contributed by atoms with Gasteiger partial charge in [-0.05, 0) is 36.8 Å². The Morgan fingerprint density at radius 2 is 1.72 bits per heavy atom. The van der Waals surface area contributed by atoms with Gasteiger partial charge in [-0.15, -0.1) is 0 Å². The standard InChI is InChI=1S/C16H12FN/c1-11-15(12-5-3-2-4-6-12)10-13-9-14(17)7-8-16(13)18-11/h2-10H,1H3. The molecule has 0 saturated carbocycles. The van der Waals surface area contributed by atoms with Crippen molar-refractivity contribution >= 4 is 10.9 Å². The topological polar surface area (TPSA) is 12.9 Å². The number of aryl methyl sites for hydroxylation is 1. The Balaban J connectivity index is 2.27. The Morgan fingerprint density at radius 1 is 0.944 bits per heavy atom. The molecule has 0 amide bonds. The van der Waals surface area contributed by atoms with Crippen LogP contribution in [0.15, 0.2) is 54.6 Å². The summed E-state index contributed by atoms with van der Waals surface area (Å²) in [5.41, 5.74) is 3.94. The highest BCUT2D eigenvalue weighted by Gasteiger charge is 2.05. The molecule has 1 nitrogen and oxygen atoms in total. The summed E-state index contributed by atoms with van der Waals surface area (Å²) in [4.78, 5) is 4.53. The minimum atomic E-state index is -0.229. The molecule has 1 heterocycles. The van der Waals surface area contributed by atoms with Crippen molar-refractivity contribution in [1.29, 1.82) is 0 Å². The van der Waals surface area contributed by atoms with E-state index in [0.717, 1.165) is 27.7 Å². The fourth-order valence-corrected chi connectivity index (χ4v) is 2.15. The molecule has 18 heavy (non-hydrogen) atoms. The summed E-state index contributed by atoms with van der Waals surface area (Å²) < 4.78 is 13.2. The summed E-state index contributed by atoms with van der Waals surface area (Å²) in [5, 5.41) is 0.833. The maximum Gasteiger partial charge on any atom is 0.123 e. The van der Waals surface area contributed by atoms with Crippen molar-refractivity contribution in [3.8, 4) is 11.1 Å².